The van der Waals surface area contributed by atoms with Gasteiger partial charge in [0.2, 0.25) is 0 Å². The van der Waals surface area contributed by atoms with Crippen molar-refractivity contribution in [1.82, 2.24) is 10.3 Å². The first kappa shape index (κ1) is 18.8. The van der Waals surface area contributed by atoms with Crippen molar-refractivity contribution in [2.45, 2.75) is 25.8 Å². The van der Waals surface area contributed by atoms with E-state index >= 15 is 0 Å². The summed E-state index contributed by atoms with van der Waals surface area (Å²) in [4.78, 5) is 12.0. The molecular weight excluding hydrogens is 340 g/mol. The number of benzene rings is 1. The van der Waals surface area contributed by atoms with Crippen LogP contribution in [0.15, 0.2) is 59.0 Å². The zero-order valence-electron chi connectivity index (χ0n) is 16.0. The molecule has 1 aromatic rings. The maximum absolute atomic E-state index is 12.0. The van der Waals surface area contributed by atoms with Gasteiger partial charge >= 0.3 is 0 Å². The van der Waals surface area contributed by atoms with Gasteiger partial charge in [-0.1, -0.05) is 18.7 Å². The predicted molar refractivity (Wildman–Crippen MR) is 108 cm³/mol. The number of carbonyl (C=O) groups excluding carboxylic acids is 1. The molecule has 1 saturated carbocycles. The molecule has 2 aliphatic rings. The number of hydrazone groups is 1. The van der Waals surface area contributed by atoms with Gasteiger partial charge in [0.15, 0.2) is 0 Å². The first-order valence-corrected chi connectivity index (χ1v) is 9.04. The summed E-state index contributed by atoms with van der Waals surface area (Å²) in [6.45, 7) is 6.31. The minimum absolute atomic E-state index is 0.253. The van der Waals surface area contributed by atoms with Crippen molar-refractivity contribution >= 4 is 17.7 Å². The van der Waals surface area contributed by atoms with E-state index in [1.165, 1.54) is 19.1 Å². The highest BCUT2D eigenvalue weighted by Crippen LogP contribution is 2.34. The van der Waals surface area contributed by atoms with Crippen molar-refractivity contribution in [3.8, 4) is 5.75 Å². The molecule has 0 aromatic heterocycles. The molecule has 142 valence electrons. The van der Waals surface area contributed by atoms with Crippen LogP contribution >= 0.6 is 0 Å². The molecule has 1 aliphatic carbocycles. The highest BCUT2D eigenvalue weighted by Gasteiger charge is 2.31. The number of hydrogen-bond acceptors (Lipinski definition) is 5. The smallest absolute Gasteiger partial charge is 0.252 e. The molecule has 1 aliphatic heterocycles. The van der Waals surface area contributed by atoms with E-state index in [0.717, 1.165) is 22.6 Å². The highest BCUT2D eigenvalue weighted by atomic mass is 16.5. The van der Waals surface area contributed by atoms with Gasteiger partial charge in [-0.3, -0.25) is 9.80 Å². The van der Waals surface area contributed by atoms with Gasteiger partial charge < -0.3 is 15.8 Å². The van der Waals surface area contributed by atoms with E-state index in [4.69, 9.17) is 10.5 Å². The van der Waals surface area contributed by atoms with Crippen LogP contribution in [0.4, 0.5) is 0 Å². The predicted octanol–water partition coefficient (Wildman–Crippen LogP) is 2.65. The molecule has 0 spiro atoms. The molecule has 0 bridgehead atoms. The van der Waals surface area contributed by atoms with Gasteiger partial charge in [0.05, 0.1) is 30.3 Å². The first-order valence-electron chi connectivity index (χ1n) is 9.04. The number of nitrogens with two attached hydrogens (primary N) is 1. The zero-order valence-corrected chi connectivity index (χ0v) is 16.0. The second kappa shape index (κ2) is 7.70. The molecule has 3 rings (SSSR count). The summed E-state index contributed by atoms with van der Waals surface area (Å²) in [7, 11) is 3.47. The van der Waals surface area contributed by atoms with Crippen LogP contribution in [0.25, 0.3) is 5.57 Å². The number of carbonyl (C=O) groups is 1. The van der Waals surface area contributed by atoms with Crippen LogP contribution < -0.4 is 15.8 Å². The van der Waals surface area contributed by atoms with Crippen LogP contribution in [0.2, 0.25) is 0 Å². The molecule has 6 heteroatoms. The number of nitrogens with zero attached hydrogens (tertiary/aromatic N) is 2. The number of nitrogens with one attached hydrogen (secondary N) is 1. The lowest BCUT2D eigenvalue weighted by atomic mass is 10.0. The molecule has 1 amide bonds. The Morgan fingerprint density at radius 2 is 2.22 bits per heavy atom. The van der Waals surface area contributed by atoms with E-state index in [9.17, 15) is 4.79 Å². The number of hydrogen-bond donors (Lipinski definition) is 2. The quantitative estimate of drug-likeness (QED) is 0.777. The van der Waals surface area contributed by atoms with Crippen molar-refractivity contribution < 1.29 is 9.53 Å². The molecule has 1 fully saturated rings. The summed E-state index contributed by atoms with van der Waals surface area (Å²) in [6.07, 6.45) is 5.83. The summed E-state index contributed by atoms with van der Waals surface area (Å²) in [6, 6.07) is 7.94. The molecule has 27 heavy (non-hydrogen) atoms. The van der Waals surface area contributed by atoms with E-state index in [0.29, 0.717) is 17.2 Å². The van der Waals surface area contributed by atoms with Gasteiger partial charge in [0.1, 0.15) is 5.75 Å². The van der Waals surface area contributed by atoms with Crippen LogP contribution in [0.5, 0.6) is 5.75 Å². The van der Waals surface area contributed by atoms with Gasteiger partial charge in [-0.25, -0.2) is 0 Å². The van der Waals surface area contributed by atoms with Gasteiger partial charge in [-0.2, -0.15) is 5.10 Å². The van der Waals surface area contributed by atoms with Gasteiger partial charge in [-0.15, -0.1) is 0 Å². The second-order valence-corrected chi connectivity index (χ2v) is 6.98. The maximum atomic E-state index is 12.0. The van der Waals surface area contributed by atoms with E-state index in [1.54, 1.807) is 12.1 Å². The van der Waals surface area contributed by atoms with E-state index in [-0.39, 0.29) is 6.04 Å². The third-order valence-electron chi connectivity index (χ3n) is 4.95. The number of methoxy groups -OCH3 is 1. The Bertz CT molecular complexity index is 849. The average molecular weight is 366 g/mol. The summed E-state index contributed by atoms with van der Waals surface area (Å²) in [5.41, 5.74) is 9.15. The van der Waals surface area contributed by atoms with Crippen molar-refractivity contribution in [2.75, 3.05) is 14.2 Å². The summed E-state index contributed by atoms with van der Waals surface area (Å²) < 4.78 is 5.29. The normalized spacial score (nSPS) is 19.2. The Labute approximate surface area is 160 Å². The van der Waals surface area contributed by atoms with E-state index in [1.807, 2.05) is 37.4 Å². The fourth-order valence-electron chi connectivity index (χ4n) is 3.09. The molecule has 0 unspecified atom stereocenters. The Morgan fingerprint density at radius 1 is 1.48 bits per heavy atom. The Balaban J connectivity index is 1.98. The fourth-order valence-corrected chi connectivity index (χ4v) is 3.09. The molecule has 1 aromatic carbocycles. The first-order chi connectivity index (χ1) is 12.9. The molecule has 1 heterocycles. The van der Waals surface area contributed by atoms with Crippen molar-refractivity contribution in [1.29, 1.82) is 0 Å². The lowest BCUT2D eigenvalue weighted by Crippen LogP contribution is -2.36. The van der Waals surface area contributed by atoms with Crippen LogP contribution in [-0.2, 0) is 4.79 Å². The fraction of sp³-hybridized carbons (Fsp3) is 0.333. The third-order valence-corrected chi connectivity index (χ3v) is 4.95. The van der Waals surface area contributed by atoms with Crippen LogP contribution in [0.3, 0.4) is 0 Å². The molecule has 0 saturated heterocycles. The summed E-state index contributed by atoms with van der Waals surface area (Å²) in [5, 5.41) is 9.49. The number of allylic oxidation sites excluding steroid dienone is 2. The van der Waals surface area contributed by atoms with Gasteiger partial charge in [0.25, 0.3) is 5.91 Å². The van der Waals surface area contributed by atoms with Crippen LogP contribution in [0, 0.1) is 5.92 Å². The van der Waals surface area contributed by atoms with Crippen LogP contribution in [0.1, 0.15) is 25.3 Å². The average Bonchev–Trinajstić information content (AvgIpc) is 3.49. The largest absolute Gasteiger partial charge is 0.497 e. The standard InChI is InChI=1S/C21H26N4O2/c1-13(16-6-5-7-17(11-16)27-4)10-19-20(24-14(2)15-8-9-15)18(21(22)26)12-23-25(19)3/h5-7,10-12,14-15,24H,1,8-9H2,2-4H3,(H2,22,26)/b19-10-/t14-/m1/s1. The minimum atomic E-state index is -0.504. The third kappa shape index (κ3) is 4.22. The second-order valence-electron chi connectivity index (χ2n) is 6.98. The number of ether oxygens (including phenoxy) is 1. The Kier molecular flexibility index (Phi) is 5.35. The summed E-state index contributed by atoms with van der Waals surface area (Å²) in [5.74, 6) is 0.880. The monoisotopic (exact) mass is 366 g/mol. The van der Waals surface area contributed by atoms with Crippen molar-refractivity contribution in [2.24, 2.45) is 16.8 Å². The van der Waals surface area contributed by atoms with Crippen molar-refractivity contribution in [3.63, 3.8) is 0 Å². The summed E-state index contributed by atoms with van der Waals surface area (Å²) >= 11 is 0. The van der Waals surface area contributed by atoms with Crippen LogP contribution in [-0.4, -0.2) is 37.3 Å². The molecule has 0 radical (unpaired) electrons. The number of likely N-dealkylation sites (N-methyl/N-ethyl adjacent to an activating group) is 1. The Morgan fingerprint density at radius 3 is 2.85 bits per heavy atom. The van der Waals surface area contributed by atoms with Gasteiger partial charge in [-0.05, 0) is 55.0 Å². The van der Waals surface area contributed by atoms with Crippen molar-refractivity contribution in [3.05, 3.63) is 59.5 Å². The molecule has 3 N–H and O–H groups in total. The van der Waals surface area contributed by atoms with E-state index < -0.39 is 5.91 Å². The highest BCUT2D eigenvalue weighted by molar-refractivity contribution is 6.13. The van der Waals surface area contributed by atoms with Gasteiger partial charge in [0, 0.05) is 13.1 Å². The number of amides is 1. The SMILES string of the molecule is C=C(/C=C1/C(N[C@H](C)C2CC2)=C(C(N)=O)C=NN1C)c1cccc(OC)c1. The lowest BCUT2D eigenvalue weighted by molar-refractivity contribution is -0.114. The Hall–Kier alpha value is -3.02. The van der Waals surface area contributed by atoms with E-state index in [2.05, 4.69) is 23.9 Å². The molecule has 1 atom stereocenters. The molecular formula is C21H26N4O2. The molecule has 6 nitrogen and oxygen atoms in total. The zero-order chi connectivity index (χ0) is 19.6. The maximum Gasteiger partial charge on any atom is 0.252 e. The number of primary amides is 1. The number of rotatable bonds is 7. The minimum Gasteiger partial charge on any atom is -0.497 e. The lowest BCUT2D eigenvalue weighted by Gasteiger charge is -2.28. The topological polar surface area (TPSA) is 79.9 Å².